The van der Waals surface area contributed by atoms with Gasteiger partial charge in [-0.25, -0.2) is 4.39 Å². The van der Waals surface area contributed by atoms with E-state index in [-0.39, 0.29) is 17.7 Å². The third-order valence-electron chi connectivity index (χ3n) is 5.25. The number of hydrogen-bond donors (Lipinski definition) is 1. The van der Waals surface area contributed by atoms with Crippen LogP contribution in [0.5, 0.6) is 11.5 Å². The molecule has 2 aromatic rings. The maximum atomic E-state index is 13.6. The second-order valence-corrected chi connectivity index (χ2v) is 7.20. The van der Waals surface area contributed by atoms with Crippen LogP contribution < -0.4 is 9.47 Å². The normalized spacial score (nSPS) is 20.0. The first-order chi connectivity index (χ1) is 13.1. The second-order valence-electron chi connectivity index (χ2n) is 7.20. The van der Waals surface area contributed by atoms with Crippen LogP contribution in [0.25, 0.3) is 0 Å². The molecule has 1 fully saturated rings. The van der Waals surface area contributed by atoms with Gasteiger partial charge in [-0.2, -0.15) is 0 Å². The summed E-state index contributed by atoms with van der Waals surface area (Å²) in [5, 5.41) is 9.75. The molecule has 1 saturated heterocycles. The van der Waals surface area contributed by atoms with Crippen molar-refractivity contribution >= 4 is 0 Å². The fraction of sp³-hybridized carbons (Fsp3) is 0.455. The molecule has 5 heteroatoms. The molecule has 3 rings (SSSR count). The number of rotatable bonds is 8. The number of likely N-dealkylation sites (N-methyl/N-ethyl adjacent to an activating group) is 1. The summed E-state index contributed by atoms with van der Waals surface area (Å²) < 4.78 is 24.7. The van der Waals surface area contributed by atoms with E-state index in [0.29, 0.717) is 12.6 Å². The Morgan fingerprint density at radius 2 is 1.96 bits per heavy atom. The molecule has 0 amide bonds. The number of β-amino-alcohol motifs (C(OH)–C–C–N with tert-alkyl or cyclic N) is 1. The topological polar surface area (TPSA) is 41.9 Å². The van der Waals surface area contributed by atoms with Crippen molar-refractivity contribution in [3.63, 3.8) is 0 Å². The zero-order valence-corrected chi connectivity index (χ0v) is 16.0. The van der Waals surface area contributed by atoms with Crippen LogP contribution in [0.15, 0.2) is 42.5 Å². The summed E-state index contributed by atoms with van der Waals surface area (Å²) in [4.78, 5) is 2.20. The summed E-state index contributed by atoms with van der Waals surface area (Å²) in [6.07, 6.45) is 3.09. The van der Waals surface area contributed by atoms with Gasteiger partial charge in [0.15, 0.2) is 11.6 Å². The molecule has 27 heavy (non-hydrogen) atoms. The van der Waals surface area contributed by atoms with E-state index in [1.807, 2.05) is 25.2 Å². The molecule has 1 aliphatic rings. The predicted octanol–water partition coefficient (Wildman–Crippen LogP) is 3.45. The quantitative estimate of drug-likeness (QED) is 0.770. The predicted molar refractivity (Wildman–Crippen MR) is 104 cm³/mol. The van der Waals surface area contributed by atoms with Gasteiger partial charge in [0.05, 0.1) is 19.8 Å². The molecule has 2 aromatic carbocycles. The lowest BCUT2D eigenvalue weighted by atomic mass is 10.0. The van der Waals surface area contributed by atoms with Crippen molar-refractivity contribution in [2.45, 2.75) is 37.8 Å². The molecule has 0 aromatic heterocycles. The Kier molecular flexibility index (Phi) is 6.69. The Bertz CT molecular complexity index is 752. The van der Waals surface area contributed by atoms with Crippen molar-refractivity contribution in [1.82, 2.24) is 4.90 Å². The summed E-state index contributed by atoms with van der Waals surface area (Å²) in [5.74, 6) is 0.833. The fourth-order valence-corrected chi connectivity index (χ4v) is 3.68. The molecule has 0 saturated carbocycles. The van der Waals surface area contributed by atoms with E-state index in [9.17, 15) is 9.50 Å². The van der Waals surface area contributed by atoms with Gasteiger partial charge in [-0.05, 0) is 62.1 Å². The van der Waals surface area contributed by atoms with Crippen LogP contribution in [-0.2, 0) is 12.8 Å². The highest BCUT2D eigenvalue weighted by Gasteiger charge is 2.27. The number of para-hydroxylation sites is 1. The zero-order chi connectivity index (χ0) is 19.2. The lowest BCUT2D eigenvalue weighted by Gasteiger charge is -2.19. The number of methoxy groups -OCH3 is 1. The highest BCUT2D eigenvalue weighted by atomic mass is 19.1. The van der Waals surface area contributed by atoms with Crippen molar-refractivity contribution < 1.29 is 19.0 Å². The summed E-state index contributed by atoms with van der Waals surface area (Å²) in [7, 11) is 3.53. The number of aliphatic hydroxyl groups excluding tert-OH is 1. The number of benzene rings is 2. The van der Waals surface area contributed by atoms with Gasteiger partial charge >= 0.3 is 0 Å². The summed E-state index contributed by atoms with van der Waals surface area (Å²) in [5.41, 5.74) is 2.17. The molecule has 0 spiro atoms. The number of hydrogen-bond acceptors (Lipinski definition) is 4. The number of halogens is 1. The van der Waals surface area contributed by atoms with E-state index < -0.39 is 0 Å². The highest BCUT2D eigenvalue weighted by molar-refractivity contribution is 5.35. The molecule has 4 nitrogen and oxygen atoms in total. The van der Waals surface area contributed by atoms with Crippen LogP contribution >= 0.6 is 0 Å². The Morgan fingerprint density at radius 3 is 2.70 bits per heavy atom. The standard InChI is InChI=1S/C22H28FNO3/c1-24-15-19(25)14-18(24)11-12-27-21-6-4-3-5-17(21)9-7-16-8-10-20(23)22(13-16)26-2/h3-6,8,10,13,18-19,25H,7,9,11-12,14-15H2,1-2H3. The molecule has 0 aliphatic carbocycles. The zero-order valence-electron chi connectivity index (χ0n) is 16.0. The lowest BCUT2D eigenvalue weighted by molar-refractivity contribution is 0.182. The van der Waals surface area contributed by atoms with Crippen LogP contribution in [0.2, 0.25) is 0 Å². The molecule has 146 valence electrons. The van der Waals surface area contributed by atoms with Crippen LogP contribution in [-0.4, -0.2) is 49.5 Å². The Morgan fingerprint density at radius 1 is 1.15 bits per heavy atom. The molecule has 2 atom stereocenters. The molecule has 0 radical (unpaired) electrons. The van der Waals surface area contributed by atoms with Crippen molar-refractivity contribution in [1.29, 1.82) is 0 Å². The van der Waals surface area contributed by atoms with Crippen molar-refractivity contribution in [2.24, 2.45) is 0 Å². The highest BCUT2D eigenvalue weighted by Crippen LogP contribution is 2.24. The SMILES string of the molecule is COc1cc(CCc2ccccc2OCCC2CC(O)CN2C)ccc1F. The maximum Gasteiger partial charge on any atom is 0.165 e. The molecule has 1 aliphatic heterocycles. The smallest absolute Gasteiger partial charge is 0.165 e. The van der Waals surface area contributed by atoms with E-state index in [4.69, 9.17) is 9.47 Å². The van der Waals surface area contributed by atoms with E-state index in [2.05, 4.69) is 11.0 Å². The lowest BCUT2D eigenvalue weighted by Crippen LogP contribution is -2.26. The van der Waals surface area contributed by atoms with Gasteiger partial charge in [0.2, 0.25) is 0 Å². The monoisotopic (exact) mass is 373 g/mol. The Hall–Kier alpha value is -2.11. The number of aliphatic hydroxyl groups is 1. The molecule has 1 heterocycles. The first-order valence-corrected chi connectivity index (χ1v) is 9.48. The van der Waals surface area contributed by atoms with Crippen molar-refractivity contribution in [3.8, 4) is 11.5 Å². The van der Waals surface area contributed by atoms with Crippen molar-refractivity contribution in [2.75, 3.05) is 27.3 Å². The van der Waals surface area contributed by atoms with Crippen LogP contribution in [0.3, 0.4) is 0 Å². The van der Waals surface area contributed by atoms with E-state index in [1.54, 1.807) is 12.1 Å². The van der Waals surface area contributed by atoms with E-state index >= 15 is 0 Å². The third kappa shape index (κ3) is 5.21. The van der Waals surface area contributed by atoms with Gasteiger partial charge in [-0.1, -0.05) is 24.3 Å². The van der Waals surface area contributed by atoms with Crippen LogP contribution in [0, 0.1) is 5.82 Å². The summed E-state index contributed by atoms with van der Waals surface area (Å²) >= 11 is 0. The van der Waals surface area contributed by atoms with Gasteiger partial charge < -0.3 is 19.5 Å². The number of nitrogens with zero attached hydrogens (tertiary/aromatic N) is 1. The first-order valence-electron chi connectivity index (χ1n) is 9.48. The molecule has 1 N–H and O–H groups in total. The van der Waals surface area contributed by atoms with Gasteiger partial charge in [0.25, 0.3) is 0 Å². The number of likely N-dealkylation sites (tertiary alicyclic amines) is 1. The van der Waals surface area contributed by atoms with Crippen LogP contribution in [0.4, 0.5) is 4.39 Å². The van der Waals surface area contributed by atoms with Crippen LogP contribution in [0.1, 0.15) is 24.0 Å². The van der Waals surface area contributed by atoms with Gasteiger partial charge in [-0.3, -0.25) is 0 Å². The minimum Gasteiger partial charge on any atom is -0.494 e. The number of ether oxygens (including phenoxy) is 2. The summed E-state index contributed by atoms with van der Waals surface area (Å²) in [6, 6.07) is 13.4. The largest absolute Gasteiger partial charge is 0.494 e. The van der Waals surface area contributed by atoms with Crippen molar-refractivity contribution in [3.05, 3.63) is 59.4 Å². The molecule has 0 bridgehead atoms. The Labute approximate surface area is 160 Å². The second kappa shape index (κ2) is 9.20. The fourth-order valence-electron chi connectivity index (χ4n) is 3.68. The molecular formula is C22H28FNO3. The Balaban J connectivity index is 1.56. The average molecular weight is 373 g/mol. The first kappa shape index (κ1) is 19.6. The minimum atomic E-state index is -0.341. The average Bonchev–Trinajstić information content (AvgIpc) is 2.99. The minimum absolute atomic E-state index is 0.222. The van der Waals surface area contributed by atoms with Gasteiger partial charge in [0.1, 0.15) is 5.75 Å². The van der Waals surface area contributed by atoms with Gasteiger partial charge in [0, 0.05) is 12.6 Å². The maximum absolute atomic E-state index is 13.6. The number of aryl methyl sites for hydroxylation is 2. The summed E-state index contributed by atoms with van der Waals surface area (Å²) in [6.45, 7) is 1.37. The van der Waals surface area contributed by atoms with E-state index in [1.165, 1.54) is 13.2 Å². The molecular weight excluding hydrogens is 345 g/mol. The van der Waals surface area contributed by atoms with Gasteiger partial charge in [-0.15, -0.1) is 0 Å². The third-order valence-corrected chi connectivity index (χ3v) is 5.25. The van der Waals surface area contributed by atoms with E-state index in [0.717, 1.165) is 49.1 Å². The molecule has 2 unspecified atom stereocenters.